The fourth-order valence-corrected chi connectivity index (χ4v) is 5.65. The van der Waals surface area contributed by atoms with E-state index in [4.69, 9.17) is 9.72 Å². The highest BCUT2D eigenvalue weighted by molar-refractivity contribution is 5.91. The summed E-state index contributed by atoms with van der Waals surface area (Å²) in [7, 11) is 0. The first kappa shape index (κ1) is 24.8. The monoisotopic (exact) mass is 493 g/mol. The number of aromatic nitrogens is 1. The van der Waals surface area contributed by atoms with Crippen LogP contribution in [0.1, 0.15) is 45.1 Å². The Bertz CT molecular complexity index is 1090. The summed E-state index contributed by atoms with van der Waals surface area (Å²) in [6.45, 7) is 11.0. The molecule has 0 spiro atoms. The average Bonchev–Trinajstić information content (AvgIpc) is 3.34. The van der Waals surface area contributed by atoms with E-state index in [9.17, 15) is 9.90 Å². The number of carbonyl (C=O) groups excluding carboxylic acids is 1. The number of ether oxygens (including phenoxy) is 1. The molecule has 8 heteroatoms. The van der Waals surface area contributed by atoms with E-state index in [2.05, 4.69) is 60.6 Å². The number of anilines is 3. The van der Waals surface area contributed by atoms with Crippen LogP contribution in [0.4, 0.5) is 22.1 Å². The van der Waals surface area contributed by atoms with Gasteiger partial charge in [0.25, 0.3) is 0 Å². The lowest BCUT2D eigenvalue weighted by Gasteiger charge is -2.43. The Hall–Kier alpha value is -2.84. The van der Waals surface area contributed by atoms with Crippen molar-refractivity contribution in [1.82, 2.24) is 9.88 Å². The highest BCUT2D eigenvalue weighted by atomic mass is 16.5. The fourth-order valence-electron chi connectivity index (χ4n) is 5.65. The van der Waals surface area contributed by atoms with Crippen LogP contribution in [0.15, 0.2) is 30.3 Å². The summed E-state index contributed by atoms with van der Waals surface area (Å²) in [4.78, 5) is 22.0. The van der Waals surface area contributed by atoms with E-state index in [-0.39, 0.29) is 17.7 Å². The van der Waals surface area contributed by atoms with E-state index < -0.39 is 0 Å². The number of nitrogens with zero attached hydrogens (tertiary/aromatic N) is 3. The van der Waals surface area contributed by atoms with Crippen molar-refractivity contribution in [2.45, 2.75) is 58.1 Å². The number of urea groups is 1. The summed E-state index contributed by atoms with van der Waals surface area (Å²) >= 11 is 0. The summed E-state index contributed by atoms with van der Waals surface area (Å²) < 4.78 is 5.56. The molecule has 3 N–H and O–H groups in total. The van der Waals surface area contributed by atoms with Crippen LogP contribution in [-0.2, 0) is 4.74 Å². The second-order valence-electron chi connectivity index (χ2n) is 10.9. The molecule has 2 amide bonds. The maximum absolute atomic E-state index is 12.9. The molecule has 2 aromatic rings. The lowest BCUT2D eigenvalue weighted by molar-refractivity contribution is 0.0421. The number of morpholine rings is 1. The van der Waals surface area contributed by atoms with Crippen LogP contribution in [0.3, 0.4) is 0 Å². The van der Waals surface area contributed by atoms with E-state index in [1.54, 1.807) is 0 Å². The number of aliphatic hydroxyl groups excluding tert-OH is 1. The third-order valence-corrected chi connectivity index (χ3v) is 7.90. The molecule has 0 bridgehead atoms. The Balaban J connectivity index is 1.42. The normalized spacial score (nSPS) is 26.0. The maximum Gasteiger partial charge on any atom is 0.321 e. The number of aliphatic hydroxyl groups is 1. The van der Waals surface area contributed by atoms with Gasteiger partial charge in [-0.3, -0.25) is 0 Å². The Kier molecular flexibility index (Phi) is 7.08. The van der Waals surface area contributed by atoms with Crippen LogP contribution in [0.5, 0.6) is 0 Å². The van der Waals surface area contributed by atoms with Crippen molar-refractivity contribution < 1.29 is 14.6 Å². The molecule has 36 heavy (non-hydrogen) atoms. The van der Waals surface area contributed by atoms with Gasteiger partial charge in [0.15, 0.2) is 0 Å². The molecule has 1 aliphatic carbocycles. The number of amides is 2. The van der Waals surface area contributed by atoms with E-state index >= 15 is 0 Å². The Morgan fingerprint density at radius 1 is 1.19 bits per heavy atom. The predicted molar refractivity (Wildman–Crippen MR) is 144 cm³/mol. The van der Waals surface area contributed by atoms with E-state index in [0.717, 1.165) is 73.0 Å². The first-order valence-electron chi connectivity index (χ1n) is 13.3. The second kappa shape index (κ2) is 10.3. The van der Waals surface area contributed by atoms with Crippen LogP contribution < -0.4 is 15.5 Å². The zero-order valence-electron chi connectivity index (χ0n) is 21.7. The molecule has 3 heterocycles. The summed E-state index contributed by atoms with van der Waals surface area (Å²) in [6, 6.07) is 10.3. The SMILES string of the molecule is CC[C@@H]1CCN(C(=O)Nc2ccc(C)c(-c3cc(NC4(C)CC(O)C4)nc(N4CCOCC4)c3)c2)C1. The first-order chi connectivity index (χ1) is 17.3. The number of nitrogens with one attached hydrogen (secondary N) is 2. The molecule has 1 aromatic carbocycles. The van der Waals surface area contributed by atoms with Gasteiger partial charge in [0.1, 0.15) is 11.6 Å². The lowest BCUT2D eigenvalue weighted by atomic mass is 9.76. The molecule has 8 nitrogen and oxygen atoms in total. The minimum absolute atomic E-state index is 0.0247. The van der Waals surface area contributed by atoms with Gasteiger partial charge in [-0.25, -0.2) is 9.78 Å². The summed E-state index contributed by atoms with van der Waals surface area (Å²) in [5.74, 6) is 2.32. The molecule has 5 rings (SSSR count). The van der Waals surface area contributed by atoms with Crippen LogP contribution in [-0.4, -0.2) is 72.1 Å². The van der Waals surface area contributed by atoms with Crippen molar-refractivity contribution in [3.63, 3.8) is 0 Å². The van der Waals surface area contributed by atoms with Crippen LogP contribution >= 0.6 is 0 Å². The molecule has 194 valence electrons. The second-order valence-corrected chi connectivity index (χ2v) is 10.9. The molecule has 1 aromatic heterocycles. The Morgan fingerprint density at radius 3 is 2.67 bits per heavy atom. The topological polar surface area (TPSA) is 90.0 Å². The van der Waals surface area contributed by atoms with Gasteiger partial charge < -0.3 is 30.3 Å². The largest absolute Gasteiger partial charge is 0.393 e. The van der Waals surface area contributed by atoms with E-state index in [1.807, 2.05) is 11.0 Å². The zero-order valence-corrected chi connectivity index (χ0v) is 21.7. The molecule has 1 atom stereocenters. The van der Waals surface area contributed by atoms with Crippen LogP contribution in [0.25, 0.3) is 11.1 Å². The number of rotatable bonds is 6. The Morgan fingerprint density at radius 2 is 1.97 bits per heavy atom. The standard InChI is InChI=1S/C28H39N5O3/c1-4-20-7-8-33(18-20)27(35)29-22-6-5-19(2)24(15-22)21-13-25(31-28(3)16-23(34)17-28)30-26(14-21)32-9-11-36-12-10-32/h5-6,13-15,20,23,34H,4,7-12,16-18H2,1-3H3,(H,29,35)(H,30,31)/t20-,23?,28?/m1/s1. The molecule has 0 unspecified atom stereocenters. The van der Waals surface area contributed by atoms with Crippen molar-refractivity contribution in [2.75, 3.05) is 54.9 Å². The minimum atomic E-state index is -0.254. The van der Waals surface area contributed by atoms with Crippen LogP contribution in [0, 0.1) is 12.8 Å². The first-order valence-corrected chi connectivity index (χ1v) is 13.3. The fraction of sp³-hybridized carbons (Fsp3) is 0.571. The Labute approximate surface area is 214 Å². The van der Waals surface area contributed by atoms with Crippen molar-refractivity contribution in [2.24, 2.45) is 5.92 Å². The summed E-state index contributed by atoms with van der Waals surface area (Å²) in [6.07, 6.45) is 3.36. The molecular weight excluding hydrogens is 454 g/mol. The van der Waals surface area contributed by atoms with Crippen molar-refractivity contribution >= 4 is 23.4 Å². The highest BCUT2D eigenvalue weighted by Crippen LogP contribution is 2.37. The molecule has 3 fully saturated rings. The lowest BCUT2D eigenvalue weighted by Crippen LogP contribution is -2.50. The molecule has 1 saturated carbocycles. The van der Waals surface area contributed by atoms with Crippen molar-refractivity contribution in [3.05, 3.63) is 35.9 Å². The number of hydrogen-bond donors (Lipinski definition) is 3. The van der Waals surface area contributed by atoms with E-state index in [0.29, 0.717) is 32.0 Å². The van der Waals surface area contributed by atoms with Gasteiger partial charge in [-0.2, -0.15) is 0 Å². The molecule has 2 saturated heterocycles. The number of benzene rings is 1. The third-order valence-electron chi connectivity index (χ3n) is 7.90. The van der Waals surface area contributed by atoms with Gasteiger partial charge >= 0.3 is 6.03 Å². The molecule has 3 aliphatic rings. The predicted octanol–water partition coefficient (Wildman–Crippen LogP) is 4.48. The van der Waals surface area contributed by atoms with Crippen molar-refractivity contribution in [1.29, 1.82) is 0 Å². The summed E-state index contributed by atoms with van der Waals surface area (Å²) in [5.41, 5.74) is 3.90. The number of pyridine rings is 1. The quantitative estimate of drug-likeness (QED) is 0.550. The average molecular weight is 494 g/mol. The van der Waals surface area contributed by atoms with E-state index in [1.165, 1.54) is 0 Å². The van der Waals surface area contributed by atoms with Crippen LogP contribution in [0.2, 0.25) is 0 Å². The van der Waals surface area contributed by atoms with Gasteiger partial charge in [-0.1, -0.05) is 19.4 Å². The number of aryl methyl sites for hydroxylation is 1. The minimum Gasteiger partial charge on any atom is -0.393 e. The van der Waals surface area contributed by atoms with Crippen molar-refractivity contribution in [3.8, 4) is 11.1 Å². The molecule has 0 radical (unpaired) electrons. The molecular formula is C28H39N5O3. The highest BCUT2D eigenvalue weighted by Gasteiger charge is 2.39. The van der Waals surface area contributed by atoms with Gasteiger partial charge in [0, 0.05) is 37.4 Å². The number of hydrogen-bond acceptors (Lipinski definition) is 6. The maximum atomic E-state index is 12.9. The molecule has 2 aliphatic heterocycles. The van der Waals surface area contributed by atoms with Gasteiger partial charge in [0.2, 0.25) is 0 Å². The van der Waals surface area contributed by atoms with Gasteiger partial charge in [-0.15, -0.1) is 0 Å². The zero-order chi connectivity index (χ0) is 25.3. The van der Waals surface area contributed by atoms with Gasteiger partial charge in [-0.05, 0) is 80.0 Å². The third kappa shape index (κ3) is 5.44. The summed E-state index contributed by atoms with van der Waals surface area (Å²) in [5, 5.41) is 16.6. The number of likely N-dealkylation sites (tertiary alicyclic amines) is 1. The van der Waals surface area contributed by atoms with Gasteiger partial charge in [0.05, 0.1) is 19.3 Å². The number of carbonyl (C=O) groups is 1. The smallest absolute Gasteiger partial charge is 0.321 e.